The largest absolute Gasteiger partial charge is 0.506 e. The summed E-state index contributed by atoms with van der Waals surface area (Å²) in [6.07, 6.45) is 0. The maximum Gasteiger partial charge on any atom is 0.255 e. The van der Waals surface area contributed by atoms with Crippen LogP contribution in [0.4, 0.5) is 5.69 Å². The van der Waals surface area contributed by atoms with Crippen molar-refractivity contribution in [3.63, 3.8) is 0 Å². The number of anilines is 1. The Bertz CT molecular complexity index is 667. The fourth-order valence-electron chi connectivity index (χ4n) is 1.73. The molecule has 0 radical (unpaired) electrons. The van der Waals surface area contributed by atoms with Gasteiger partial charge in [0.2, 0.25) is 0 Å². The van der Waals surface area contributed by atoms with Crippen molar-refractivity contribution in [1.82, 2.24) is 0 Å². The van der Waals surface area contributed by atoms with Crippen LogP contribution in [0.5, 0.6) is 5.75 Å². The maximum atomic E-state index is 12.2. The highest BCUT2D eigenvalue weighted by atomic mass is 79.9. The Morgan fingerprint density at radius 2 is 1.75 bits per heavy atom. The van der Waals surface area contributed by atoms with Gasteiger partial charge in [0.1, 0.15) is 5.75 Å². The van der Waals surface area contributed by atoms with Crippen molar-refractivity contribution in [1.29, 1.82) is 0 Å². The molecule has 0 spiro atoms. The molecule has 0 saturated heterocycles. The first-order chi connectivity index (χ1) is 9.40. The lowest BCUT2D eigenvalue weighted by molar-refractivity contribution is 0.102. The van der Waals surface area contributed by atoms with Gasteiger partial charge in [0.05, 0.1) is 8.95 Å². The molecular weight excluding hydrogens is 386 g/mol. The van der Waals surface area contributed by atoms with Crippen molar-refractivity contribution < 1.29 is 9.90 Å². The van der Waals surface area contributed by atoms with Gasteiger partial charge in [-0.1, -0.05) is 17.7 Å². The third-order valence-corrected chi connectivity index (χ3v) is 4.58. The minimum absolute atomic E-state index is 0.121. The van der Waals surface area contributed by atoms with Crippen LogP contribution in [0.1, 0.15) is 21.5 Å². The van der Waals surface area contributed by atoms with Crippen molar-refractivity contribution >= 4 is 43.5 Å². The van der Waals surface area contributed by atoms with Crippen LogP contribution in [0.15, 0.2) is 39.3 Å². The molecule has 0 atom stereocenters. The van der Waals surface area contributed by atoms with Gasteiger partial charge in [-0.3, -0.25) is 4.79 Å². The average Bonchev–Trinajstić information content (AvgIpc) is 2.43. The number of halogens is 2. The van der Waals surface area contributed by atoms with E-state index in [0.29, 0.717) is 20.2 Å². The molecule has 0 aromatic heterocycles. The lowest BCUT2D eigenvalue weighted by atomic mass is 10.1. The van der Waals surface area contributed by atoms with Crippen LogP contribution < -0.4 is 5.32 Å². The standard InChI is InChI=1S/C15H13Br2NO2/c1-8-3-5-10(6-4-8)15(20)18-12-7-11(16)14(19)13(17)9(12)2/h3-7,19H,1-2H3,(H,18,20). The molecule has 104 valence electrons. The molecule has 2 N–H and O–H groups in total. The van der Waals surface area contributed by atoms with Gasteiger partial charge >= 0.3 is 0 Å². The van der Waals surface area contributed by atoms with E-state index in [-0.39, 0.29) is 11.7 Å². The molecule has 20 heavy (non-hydrogen) atoms. The topological polar surface area (TPSA) is 49.3 Å². The third-order valence-electron chi connectivity index (χ3n) is 3.00. The van der Waals surface area contributed by atoms with Crippen molar-refractivity contribution in [2.24, 2.45) is 0 Å². The number of hydrogen-bond acceptors (Lipinski definition) is 2. The molecule has 2 aromatic rings. The monoisotopic (exact) mass is 397 g/mol. The Hall–Kier alpha value is -1.33. The average molecular weight is 399 g/mol. The van der Waals surface area contributed by atoms with Crippen LogP contribution in [-0.2, 0) is 0 Å². The molecule has 0 heterocycles. The highest BCUT2D eigenvalue weighted by molar-refractivity contribution is 9.11. The highest BCUT2D eigenvalue weighted by Crippen LogP contribution is 2.39. The summed E-state index contributed by atoms with van der Waals surface area (Å²) in [5, 5.41) is 12.6. The van der Waals surface area contributed by atoms with Gasteiger partial charge in [0.25, 0.3) is 5.91 Å². The number of aromatic hydroxyl groups is 1. The quantitative estimate of drug-likeness (QED) is 0.714. The number of benzene rings is 2. The summed E-state index contributed by atoms with van der Waals surface area (Å²) in [7, 11) is 0. The van der Waals surface area contributed by atoms with Gasteiger partial charge in [-0.15, -0.1) is 0 Å². The zero-order valence-corrected chi connectivity index (χ0v) is 14.2. The smallest absolute Gasteiger partial charge is 0.255 e. The lowest BCUT2D eigenvalue weighted by Crippen LogP contribution is -2.13. The van der Waals surface area contributed by atoms with E-state index >= 15 is 0 Å². The van der Waals surface area contributed by atoms with E-state index < -0.39 is 0 Å². The molecule has 0 fully saturated rings. The number of nitrogens with one attached hydrogen (secondary N) is 1. The molecule has 0 aliphatic heterocycles. The number of aryl methyl sites for hydroxylation is 1. The fraction of sp³-hybridized carbons (Fsp3) is 0.133. The van der Waals surface area contributed by atoms with Crippen LogP contribution >= 0.6 is 31.9 Å². The van der Waals surface area contributed by atoms with Crippen LogP contribution in [-0.4, -0.2) is 11.0 Å². The van der Waals surface area contributed by atoms with Gasteiger partial charge in [-0.25, -0.2) is 0 Å². The summed E-state index contributed by atoms with van der Waals surface area (Å²) in [5.41, 5.74) is 3.11. The summed E-state index contributed by atoms with van der Waals surface area (Å²) in [5.74, 6) is -0.0616. The Balaban J connectivity index is 2.31. The summed E-state index contributed by atoms with van der Waals surface area (Å²) < 4.78 is 1.08. The van der Waals surface area contributed by atoms with E-state index in [9.17, 15) is 9.90 Å². The maximum absolute atomic E-state index is 12.2. The lowest BCUT2D eigenvalue weighted by Gasteiger charge is -2.12. The Morgan fingerprint density at radius 3 is 2.35 bits per heavy atom. The number of phenolic OH excluding ortho intramolecular Hbond substituents is 1. The van der Waals surface area contributed by atoms with Gasteiger partial charge < -0.3 is 10.4 Å². The number of carbonyl (C=O) groups is 1. The van der Waals surface area contributed by atoms with E-state index in [1.165, 1.54) is 0 Å². The van der Waals surface area contributed by atoms with Crippen LogP contribution in [0.25, 0.3) is 0 Å². The first kappa shape index (κ1) is 15.1. The zero-order valence-electron chi connectivity index (χ0n) is 11.0. The molecule has 0 aliphatic rings. The minimum Gasteiger partial charge on any atom is -0.506 e. The van der Waals surface area contributed by atoms with Crippen LogP contribution in [0.3, 0.4) is 0 Å². The summed E-state index contributed by atoms with van der Waals surface area (Å²) in [6, 6.07) is 9.03. The molecular formula is C15H13Br2NO2. The Labute approximate surface area is 134 Å². The molecule has 2 aromatic carbocycles. The minimum atomic E-state index is -0.183. The van der Waals surface area contributed by atoms with E-state index in [2.05, 4.69) is 37.2 Å². The summed E-state index contributed by atoms with van der Waals surface area (Å²) >= 11 is 6.56. The number of hydrogen-bond donors (Lipinski definition) is 2. The van der Waals surface area contributed by atoms with E-state index in [1.54, 1.807) is 18.2 Å². The number of carbonyl (C=O) groups excluding carboxylic acids is 1. The molecule has 2 rings (SSSR count). The second kappa shape index (κ2) is 5.97. The fourth-order valence-corrected chi connectivity index (χ4v) is 2.85. The number of rotatable bonds is 2. The second-order valence-corrected chi connectivity index (χ2v) is 6.16. The molecule has 1 amide bonds. The zero-order chi connectivity index (χ0) is 14.9. The highest BCUT2D eigenvalue weighted by Gasteiger charge is 2.14. The molecule has 3 nitrogen and oxygen atoms in total. The van der Waals surface area contributed by atoms with Gasteiger partial charge in [-0.05, 0) is 69.5 Å². The number of amides is 1. The Morgan fingerprint density at radius 1 is 1.15 bits per heavy atom. The number of phenols is 1. The molecule has 0 saturated carbocycles. The van der Waals surface area contributed by atoms with Crippen molar-refractivity contribution in [2.45, 2.75) is 13.8 Å². The summed E-state index contributed by atoms with van der Waals surface area (Å²) in [6.45, 7) is 3.79. The second-order valence-electron chi connectivity index (χ2n) is 4.51. The van der Waals surface area contributed by atoms with E-state index in [1.807, 2.05) is 26.0 Å². The molecule has 0 aliphatic carbocycles. The predicted molar refractivity (Wildman–Crippen MR) is 87.4 cm³/mol. The van der Waals surface area contributed by atoms with Crippen molar-refractivity contribution in [3.05, 3.63) is 56.0 Å². The molecule has 5 heteroatoms. The first-order valence-electron chi connectivity index (χ1n) is 5.95. The Kier molecular flexibility index (Phi) is 4.50. The van der Waals surface area contributed by atoms with Crippen LogP contribution in [0.2, 0.25) is 0 Å². The summed E-state index contributed by atoms with van der Waals surface area (Å²) in [4.78, 5) is 12.2. The first-order valence-corrected chi connectivity index (χ1v) is 7.54. The predicted octanol–water partition coefficient (Wildman–Crippen LogP) is 4.79. The van der Waals surface area contributed by atoms with Crippen molar-refractivity contribution in [2.75, 3.05) is 5.32 Å². The van der Waals surface area contributed by atoms with Gasteiger partial charge in [0.15, 0.2) is 0 Å². The third kappa shape index (κ3) is 3.04. The van der Waals surface area contributed by atoms with Crippen LogP contribution in [0, 0.1) is 13.8 Å². The van der Waals surface area contributed by atoms with Gasteiger partial charge in [0, 0.05) is 11.3 Å². The SMILES string of the molecule is Cc1ccc(C(=O)Nc2cc(Br)c(O)c(Br)c2C)cc1. The van der Waals surface area contributed by atoms with Gasteiger partial charge in [-0.2, -0.15) is 0 Å². The molecule has 0 unspecified atom stereocenters. The normalized spacial score (nSPS) is 10.4. The van der Waals surface area contributed by atoms with E-state index in [4.69, 9.17) is 0 Å². The van der Waals surface area contributed by atoms with E-state index in [0.717, 1.165) is 11.1 Å². The van der Waals surface area contributed by atoms with Crippen molar-refractivity contribution in [3.8, 4) is 5.75 Å². The molecule has 0 bridgehead atoms.